The Labute approximate surface area is 112 Å². The molecule has 1 unspecified atom stereocenters. The van der Waals surface area contributed by atoms with Crippen molar-refractivity contribution in [3.05, 3.63) is 15.6 Å². The van der Waals surface area contributed by atoms with Crippen LogP contribution >= 0.6 is 11.3 Å². The van der Waals surface area contributed by atoms with E-state index < -0.39 is 5.97 Å². The maximum Gasteiger partial charge on any atom is 0.347 e. The topological polar surface area (TPSA) is 59.4 Å². The smallest absolute Gasteiger partial charge is 0.347 e. The van der Waals surface area contributed by atoms with Gasteiger partial charge in [-0.05, 0) is 6.42 Å². The molecule has 0 saturated carbocycles. The Balaban J connectivity index is 3.21. The molecule has 0 amide bonds. The van der Waals surface area contributed by atoms with Crippen LogP contribution in [0.5, 0.6) is 0 Å². The van der Waals surface area contributed by atoms with E-state index in [4.69, 9.17) is 4.74 Å². The molecule has 0 radical (unpaired) electrons. The minimum atomic E-state index is -0.907. The van der Waals surface area contributed by atoms with E-state index >= 15 is 0 Å². The molecular weight excluding hydrogens is 250 g/mol. The summed E-state index contributed by atoms with van der Waals surface area (Å²) in [5, 5.41) is 10.0. The van der Waals surface area contributed by atoms with E-state index in [2.05, 4.69) is 11.9 Å². The molecule has 0 aliphatic rings. The van der Waals surface area contributed by atoms with Gasteiger partial charge in [-0.2, -0.15) is 0 Å². The van der Waals surface area contributed by atoms with E-state index in [0.29, 0.717) is 10.6 Å². The second kappa shape index (κ2) is 5.80. The van der Waals surface area contributed by atoms with Crippen LogP contribution in [0.2, 0.25) is 0 Å². The van der Waals surface area contributed by atoms with Crippen molar-refractivity contribution in [1.82, 2.24) is 4.98 Å². The molecule has 102 valence electrons. The Morgan fingerprint density at radius 1 is 1.50 bits per heavy atom. The molecule has 0 aliphatic heterocycles. The first kappa shape index (κ1) is 15.1. The normalized spacial score (nSPS) is 13.6. The number of carboxylic acids is 1. The Kier molecular flexibility index (Phi) is 4.87. The van der Waals surface area contributed by atoms with Crippen LogP contribution in [0.4, 0.5) is 0 Å². The summed E-state index contributed by atoms with van der Waals surface area (Å²) in [6, 6.07) is 0. The van der Waals surface area contributed by atoms with Crippen LogP contribution in [0, 0.1) is 0 Å². The number of ether oxygens (including phenoxy) is 1. The third-order valence-corrected chi connectivity index (χ3v) is 3.79. The minimum absolute atomic E-state index is 0.103. The highest BCUT2D eigenvalue weighted by Crippen LogP contribution is 2.34. The fraction of sp³-hybridized carbons (Fsp3) is 0.692. The Morgan fingerprint density at radius 2 is 2.11 bits per heavy atom. The van der Waals surface area contributed by atoms with Gasteiger partial charge >= 0.3 is 5.97 Å². The summed E-state index contributed by atoms with van der Waals surface area (Å²) in [5.74, 6) is -0.907. The molecule has 0 saturated heterocycles. The van der Waals surface area contributed by atoms with E-state index in [1.807, 2.05) is 20.8 Å². The molecule has 1 aromatic heterocycles. The fourth-order valence-electron chi connectivity index (χ4n) is 1.73. The average molecular weight is 271 g/mol. The number of hydrogen-bond donors (Lipinski definition) is 1. The van der Waals surface area contributed by atoms with Crippen molar-refractivity contribution in [3.8, 4) is 0 Å². The summed E-state index contributed by atoms with van der Waals surface area (Å²) < 4.78 is 5.39. The van der Waals surface area contributed by atoms with Crippen LogP contribution in [-0.4, -0.2) is 23.2 Å². The van der Waals surface area contributed by atoms with Crippen molar-refractivity contribution >= 4 is 17.3 Å². The van der Waals surface area contributed by atoms with E-state index in [-0.39, 0.29) is 11.5 Å². The first-order chi connectivity index (χ1) is 8.31. The van der Waals surface area contributed by atoms with Gasteiger partial charge in [0.25, 0.3) is 0 Å². The van der Waals surface area contributed by atoms with Crippen molar-refractivity contribution in [3.63, 3.8) is 0 Å². The summed E-state index contributed by atoms with van der Waals surface area (Å²) in [7, 11) is 1.64. The van der Waals surface area contributed by atoms with E-state index in [1.165, 1.54) is 11.3 Å². The first-order valence-electron chi connectivity index (χ1n) is 6.08. The van der Waals surface area contributed by atoms with Crippen molar-refractivity contribution in [1.29, 1.82) is 0 Å². The molecule has 18 heavy (non-hydrogen) atoms. The van der Waals surface area contributed by atoms with Gasteiger partial charge in [0.15, 0.2) is 0 Å². The summed E-state index contributed by atoms with van der Waals surface area (Å²) in [6.07, 6.45) is 1.73. The summed E-state index contributed by atoms with van der Waals surface area (Å²) in [4.78, 5) is 16.1. The van der Waals surface area contributed by atoms with Gasteiger partial charge in [-0.15, -0.1) is 11.3 Å². The molecule has 0 fully saturated rings. The molecule has 1 atom stereocenters. The number of thiazole rings is 1. The zero-order valence-corrected chi connectivity index (χ0v) is 12.4. The highest BCUT2D eigenvalue weighted by atomic mass is 32.1. The highest BCUT2D eigenvalue weighted by molar-refractivity contribution is 7.13. The van der Waals surface area contributed by atoms with E-state index in [0.717, 1.165) is 17.8 Å². The van der Waals surface area contributed by atoms with E-state index in [9.17, 15) is 9.90 Å². The van der Waals surface area contributed by atoms with Gasteiger partial charge in [0.2, 0.25) is 0 Å². The van der Waals surface area contributed by atoms with Gasteiger partial charge < -0.3 is 9.84 Å². The third-order valence-electron chi connectivity index (χ3n) is 2.66. The predicted molar refractivity (Wildman–Crippen MR) is 72.4 cm³/mol. The lowest BCUT2D eigenvalue weighted by Crippen LogP contribution is -2.16. The molecule has 0 aliphatic carbocycles. The lowest BCUT2D eigenvalue weighted by molar-refractivity contribution is 0.0699. The van der Waals surface area contributed by atoms with Gasteiger partial charge in [0.05, 0.1) is 5.69 Å². The largest absolute Gasteiger partial charge is 0.477 e. The van der Waals surface area contributed by atoms with Crippen molar-refractivity contribution in [2.75, 3.05) is 7.11 Å². The molecule has 1 aromatic rings. The summed E-state index contributed by atoms with van der Waals surface area (Å²) in [5.41, 5.74) is 0.376. The number of nitrogens with zero attached hydrogens (tertiary/aromatic N) is 1. The third kappa shape index (κ3) is 3.29. The zero-order valence-electron chi connectivity index (χ0n) is 11.6. The zero-order chi connectivity index (χ0) is 13.9. The highest BCUT2D eigenvalue weighted by Gasteiger charge is 2.29. The molecule has 0 spiro atoms. The van der Waals surface area contributed by atoms with E-state index in [1.54, 1.807) is 7.11 Å². The predicted octanol–water partition coefficient (Wildman–Crippen LogP) is 3.63. The number of aromatic nitrogens is 1. The minimum Gasteiger partial charge on any atom is -0.477 e. The SMILES string of the molecule is CCCC(OC)c1nc(C(C)(C)C)c(C(=O)O)s1. The Morgan fingerprint density at radius 3 is 2.44 bits per heavy atom. The number of rotatable bonds is 5. The molecule has 1 heterocycles. The van der Waals surface area contributed by atoms with Crippen LogP contribution < -0.4 is 0 Å². The first-order valence-corrected chi connectivity index (χ1v) is 6.90. The van der Waals surface area contributed by atoms with Crippen molar-refractivity contribution < 1.29 is 14.6 Å². The maximum absolute atomic E-state index is 11.3. The number of carbonyl (C=O) groups is 1. The standard InChI is InChI=1S/C13H21NO3S/c1-6-7-8(17-5)11-14-10(13(2,3)4)9(18-11)12(15)16/h8H,6-7H2,1-5H3,(H,15,16). The Bertz CT molecular complexity index is 420. The monoisotopic (exact) mass is 271 g/mol. The van der Waals surface area contributed by atoms with Gasteiger partial charge in [-0.3, -0.25) is 0 Å². The lowest BCUT2D eigenvalue weighted by atomic mass is 9.91. The van der Waals surface area contributed by atoms with Gasteiger partial charge in [0, 0.05) is 12.5 Å². The fourth-order valence-corrected chi connectivity index (χ4v) is 2.96. The molecule has 1 rings (SSSR count). The number of methoxy groups -OCH3 is 1. The van der Waals surface area contributed by atoms with Crippen LogP contribution in [0.1, 0.15) is 67.0 Å². The second-order valence-corrected chi connectivity index (χ2v) is 6.33. The van der Waals surface area contributed by atoms with Gasteiger partial charge in [0.1, 0.15) is 16.0 Å². The van der Waals surface area contributed by atoms with Crippen LogP contribution in [-0.2, 0) is 10.2 Å². The second-order valence-electron chi connectivity index (χ2n) is 5.30. The van der Waals surface area contributed by atoms with Crippen molar-refractivity contribution in [2.45, 2.75) is 52.1 Å². The van der Waals surface area contributed by atoms with Gasteiger partial charge in [-0.1, -0.05) is 34.1 Å². The molecular formula is C13H21NO3S. The quantitative estimate of drug-likeness (QED) is 0.888. The molecule has 4 nitrogen and oxygen atoms in total. The van der Waals surface area contributed by atoms with Crippen LogP contribution in [0.25, 0.3) is 0 Å². The summed E-state index contributed by atoms with van der Waals surface area (Å²) >= 11 is 1.23. The molecule has 0 bridgehead atoms. The lowest BCUT2D eigenvalue weighted by Gasteiger charge is -2.16. The van der Waals surface area contributed by atoms with Crippen LogP contribution in [0.3, 0.4) is 0 Å². The van der Waals surface area contributed by atoms with Crippen LogP contribution in [0.15, 0.2) is 0 Å². The Hall–Kier alpha value is -0.940. The maximum atomic E-state index is 11.3. The average Bonchev–Trinajstić information content (AvgIpc) is 2.70. The molecule has 0 aromatic carbocycles. The molecule has 1 N–H and O–H groups in total. The molecule has 5 heteroatoms. The number of hydrogen-bond acceptors (Lipinski definition) is 4. The number of carboxylic acid groups (broad SMARTS) is 1. The van der Waals surface area contributed by atoms with Gasteiger partial charge in [-0.25, -0.2) is 9.78 Å². The van der Waals surface area contributed by atoms with Crippen molar-refractivity contribution in [2.24, 2.45) is 0 Å². The number of aromatic carboxylic acids is 1. The summed E-state index contributed by atoms with van der Waals surface area (Å²) in [6.45, 7) is 7.99.